The molecule has 1 aliphatic heterocycles. The van der Waals surface area contributed by atoms with E-state index < -0.39 is 0 Å². The molecule has 1 aliphatic rings. The van der Waals surface area contributed by atoms with Crippen molar-refractivity contribution >= 4 is 11.9 Å². The van der Waals surface area contributed by atoms with Gasteiger partial charge in [-0.25, -0.2) is 9.98 Å². The summed E-state index contributed by atoms with van der Waals surface area (Å²) in [6, 6.07) is 8.36. The van der Waals surface area contributed by atoms with Crippen LogP contribution in [-0.4, -0.2) is 29.5 Å². The van der Waals surface area contributed by atoms with Gasteiger partial charge in [0.05, 0.1) is 6.54 Å². The first-order valence-corrected chi connectivity index (χ1v) is 6.35. The lowest BCUT2D eigenvalue weighted by molar-refractivity contribution is 0.252. The maximum atomic E-state index is 5.78. The van der Waals surface area contributed by atoms with Gasteiger partial charge in [-0.1, -0.05) is 29.8 Å². The summed E-state index contributed by atoms with van der Waals surface area (Å²) < 4.78 is 0. The minimum atomic E-state index is -0.374. The molecule has 19 heavy (non-hydrogen) atoms. The Morgan fingerprint density at radius 1 is 1.32 bits per heavy atom. The monoisotopic (exact) mass is 259 g/mol. The summed E-state index contributed by atoms with van der Waals surface area (Å²) in [7, 11) is 1.96. The van der Waals surface area contributed by atoms with Gasteiger partial charge in [-0.15, -0.1) is 0 Å². The lowest BCUT2D eigenvalue weighted by Gasteiger charge is -2.38. The zero-order valence-electron chi connectivity index (χ0n) is 11.9. The maximum absolute atomic E-state index is 5.78. The molecule has 0 aromatic heterocycles. The first kappa shape index (κ1) is 13.4. The minimum absolute atomic E-state index is 0.374. The van der Waals surface area contributed by atoms with Crippen molar-refractivity contribution in [3.8, 4) is 0 Å². The standard InChI is InChI=1S/C14H21N5/c1-10-5-7-11(8-6-10)9-16-13-17-12(15)18-14(2,3)19(13)4/h5-8H,9H2,1-4H3,(H3,15,16,17,18). The van der Waals surface area contributed by atoms with Crippen LogP contribution in [0.15, 0.2) is 34.3 Å². The van der Waals surface area contributed by atoms with Crippen LogP contribution in [0.2, 0.25) is 0 Å². The molecule has 0 saturated heterocycles. The number of aryl methyl sites for hydroxylation is 1. The maximum Gasteiger partial charge on any atom is 0.202 e. The second kappa shape index (κ2) is 4.91. The molecule has 3 N–H and O–H groups in total. The fraction of sp³-hybridized carbons (Fsp3) is 0.429. The zero-order valence-corrected chi connectivity index (χ0v) is 11.9. The highest BCUT2D eigenvalue weighted by Gasteiger charge is 2.30. The fourth-order valence-corrected chi connectivity index (χ4v) is 1.86. The van der Waals surface area contributed by atoms with Crippen molar-refractivity contribution in [1.29, 1.82) is 0 Å². The van der Waals surface area contributed by atoms with Crippen molar-refractivity contribution in [3.05, 3.63) is 35.4 Å². The molecule has 0 fully saturated rings. The third-order valence-corrected chi connectivity index (χ3v) is 3.30. The molecule has 0 spiro atoms. The SMILES string of the molecule is Cc1ccc(CN=C2NC(N)=NC(C)(C)N2C)cc1. The molecule has 0 atom stereocenters. The van der Waals surface area contributed by atoms with E-state index >= 15 is 0 Å². The van der Waals surface area contributed by atoms with Gasteiger partial charge in [-0.3, -0.25) is 5.32 Å². The van der Waals surface area contributed by atoms with Crippen molar-refractivity contribution in [2.45, 2.75) is 33.0 Å². The Kier molecular flexibility index (Phi) is 3.46. The Bertz CT molecular complexity index is 513. The van der Waals surface area contributed by atoms with Gasteiger partial charge in [0.25, 0.3) is 0 Å². The van der Waals surface area contributed by atoms with Crippen molar-refractivity contribution < 1.29 is 0 Å². The van der Waals surface area contributed by atoms with Crippen molar-refractivity contribution in [1.82, 2.24) is 10.2 Å². The number of nitrogens with two attached hydrogens (primary N) is 1. The van der Waals surface area contributed by atoms with Crippen LogP contribution < -0.4 is 11.1 Å². The summed E-state index contributed by atoms with van der Waals surface area (Å²) in [5, 5.41) is 3.01. The second-order valence-electron chi connectivity index (χ2n) is 5.30. The van der Waals surface area contributed by atoms with Crippen LogP contribution in [0.25, 0.3) is 0 Å². The van der Waals surface area contributed by atoms with Crippen molar-refractivity contribution in [2.75, 3.05) is 7.05 Å². The molecule has 5 nitrogen and oxygen atoms in total. The lowest BCUT2D eigenvalue weighted by Crippen LogP contribution is -2.58. The van der Waals surface area contributed by atoms with Gasteiger partial charge in [0.15, 0.2) is 5.96 Å². The number of benzene rings is 1. The average molecular weight is 259 g/mol. The summed E-state index contributed by atoms with van der Waals surface area (Å²) in [5.74, 6) is 1.16. The quantitative estimate of drug-likeness (QED) is 0.844. The van der Waals surface area contributed by atoms with E-state index in [2.05, 4.69) is 46.5 Å². The summed E-state index contributed by atoms with van der Waals surface area (Å²) in [6.07, 6.45) is 0. The number of aliphatic imine (C=N–C) groups is 2. The number of hydrogen-bond donors (Lipinski definition) is 2. The third-order valence-electron chi connectivity index (χ3n) is 3.30. The van der Waals surface area contributed by atoms with E-state index in [1.54, 1.807) is 0 Å². The van der Waals surface area contributed by atoms with Gasteiger partial charge in [-0.05, 0) is 26.3 Å². The van der Waals surface area contributed by atoms with Crippen LogP contribution in [-0.2, 0) is 6.54 Å². The van der Waals surface area contributed by atoms with Crippen LogP contribution in [0.3, 0.4) is 0 Å². The van der Waals surface area contributed by atoms with E-state index in [-0.39, 0.29) is 5.66 Å². The fourth-order valence-electron chi connectivity index (χ4n) is 1.86. The van der Waals surface area contributed by atoms with E-state index in [0.717, 1.165) is 5.96 Å². The molecule has 2 rings (SSSR count). The predicted molar refractivity (Wildman–Crippen MR) is 78.9 cm³/mol. The summed E-state index contributed by atoms with van der Waals surface area (Å²) in [6.45, 7) is 6.70. The van der Waals surface area contributed by atoms with E-state index in [4.69, 9.17) is 5.73 Å². The van der Waals surface area contributed by atoms with E-state index in [0.29, 0.717) is 12.5 Å². The molecule has 0 bridgehead atoms. The topological polar surface area (TPSA) is 66.0 Å². The van der Waals surface area contributed by atoms with Crippen molar-refractivity contribution in [3.63, 3.8) is 0 Å². The number of hydrogen-bond acceptors (Lipinski definition) is 3. The van der Waals surface area contributed by atoms with Crippen LogP contribution in [0, 0.1) is 6.92 Å². The van der Waals surface area contributed by atoms with Crippen LogP contribution in [0.1, 0.15) is 25.0 Å². The summed E-state index contributed by atoms with van der Waals surface area (Å²) >= 11 is 0. The molecule has 0 aliphatic carbocycles. The largest absolute Gasteiger partial charge is 0.370 e. The molecule has 0 unspecified atom stereocenters. The van der Waals surface area contributed by atoms with Gasteiger partial charge in [0.2, 0.25) is 5.96 Å². The number of rotatable bonds is 2. The van der Waals surface area contributed by atoms with E-state index in [1.807, 2.05) is 25.8 Å². The van der Waals surface area contributed by atoms with Gasteiger partial charge in [0.1, 0.15) is 5.66 Å². The summed E-state index contributed by atoms with van der Waals surface area (Å²) in [4.78, 5) is 10.9. The highest BCUT2D eigenvalue weighted by Crippen LogP contribution is 2.17. The summed E-state index contributed by atoms with van der Waals surface area (Å²) in [5.41, 5.74) is 7.83. The zero-order chi connectivity index (χ0) is 14.0. The van der Waals surface area contributed by atoms with E-state index in [9.17, 15) is 0 Å². The van der Waals surface area contributed by atoms with Crippen LogP contribution in [0.5, 0.6) is 0 Å². The molecule has 1 aromatic carbocycles. The van der Waals surface area contributed by atoms with Gasteiger partial charge in [0, 0.05) is 7.05 Å². The van der Waals surface area contributed by atoms with Gasteiger partial charge in [-0.2, -0.15) is 0 Å². The smallest absolute Gasteiger partial charge is 0.202 e. The number of guanidine groups is 2. The Labute approximate surface area is 114 Å². The van der Waals surface area contributed by atoms with Crippen LogP contribution in [0.4, 0.5) is 0 Å². The Hall–Kier alpha value is -2.04. The number of nitrogens with one attached hydrogen (secondary N) is 1. The van der Waals surface area contributed by atoms with Crippen molar-refractivity contribution in [2.24, 2.45) is 15.7 Å². The lowest BCUT2D eigenvalue weighted by atomic mass is 10.1. The Morgan fingerprint density at radius 2 is 1.95 bits per heavy atom. The average Bonchev–Trinajstić information content (AvgIpc) is 2.33. The molecule has 0 amide bonds. The molecule has 1 heterocycles. The predicted octanol–water partition coefficient (Wildman–Crippen LogP) is 1.44. The Balaban J connectivity index is 2.15. The normalized spacial score (nSPS) is 20.1. The molecule has 5 heteroatoms. The highest BCUT2D eigenvalue weighted by atomic mass is 15.4. The van der Waals surface area contributed by atoms with Gasteiger partial charge < -0.3 is 10.6 Å². The highest BCUT2D eigenvalue weighted by molar-refractivity contribution is 6.00. The molecule has 0 radical (unpaired) electrons. The molecular weight excluding hydrogens is 238 g/mol. The minimum Gasteiger partial charge on any atom is -0.370 e. The van der Waals surface area contributed by atoms with Crippen LogP contribution >= 0.6 is 0 Å². The first-order valence-electron chi connectivity index (χ1n) is 6.35. The van der Waals surface area contributed by atoms with Gasteiger partial charge >= 0.3 is 0 Å². The second-order valence-corrected chi connectivity index (χ2v) is 5.30. The third kappa shape index (κ3) is 3.05. The molecular formula is C14H21N5. The molecule has 1 aromatic rings. The Morgan fingerprint density at radius 3 is 2.58 bits per heavy atom. The first-order chi connectivity index (χ1) is 8.88. The van der Waals surface area contributed by atoms with E-state index in [1.165, 1.54) is 11.1 Å². The molecule has 102 valence electrons. The molecule has 0 saturated carbocycles. The number of nitrogens with zero attached hydrogens (tertiary/aromatic N) is 3.